The summed E-state index contributed by atoms with van der Waals surface area (Å²) in [5.74, 6) is -0.0682. The third kappa shape index (κ3) is 7.95. The molecule has 1 aliphatic carbocycles. The molecule has 1 saturated carbocycles. The Bertz CT molecular complexity index is 793. The largest absolute Gasteiger partial charge is 0.385 e. The molecule has 0 spiro atoms. The molecule has 1 unspecified atom stereocenters. The maximum Gasteiger partial charge on any atom is 0.227 e. The number of hydrogen-bond donors (Lipinski definition) is 1. The number of methoxy groups -OCH3 is 1. The van der Waals surface area contributed by atoms with Gasteiger partial charge >= 0.3 is 0 Å². The van der Waals surface area contributed by atoms with Gasteiger partial charge in [0.2, 0.25) is 5.91 Å². The molecule has 2 N–H and O–H groups in total. The molecule has 2 aromatic rings. The highest BCUT2D eigenvalue weighted by atomic mass is 35.5. The molecular weight excluding hydrogens is 408 g/mol. The zero-order valence-corrected chi connectivity index (χ0v) is 19.9. The van der Waals surface area contributed by atoms with E-state index in [0.717, 1.165) is 43.4 Å². The van der Waals surface area contributed by atoms with E-state index in [1.165, 1.54) is 5.56 Å². The van der Waals surface area contributed by atoms with E-state index in [9.17, 15) is 4.79 Å². The van der Waals surface area contributed by atoms with E-state index in [0.29, 0.717) is 30.6 Å². The van der Waals surface area contributed by atoms with Gasteiger partial charge in [0.15, 0.2) is 0 Å². The Morgan fingerprint density at radius 3 is 2.48 bits per heavy atom. The van der Waals surface area contributed by atoms with Crippen molar-refractivity contribution in [2.75, 3.05) is 20.3 Å². The van der Waals surface area contributed by atoms with Crippen molar-refractivity contribution in [1.29, 1.82) is 0 Å². The SMILES string of the molecule is CC.COCCCc1ccc(Cl)c(CN(C(=O)C(CN)Cc2ccccc2)C2CC2)c1. The van der Waals surface area contributed by atoms with Crippen LogP contribution in [0.15, 0.2) is 48.5 Å². The summed E-state index contributed by atoms with van der Waals surface area (Å²) >= 11 is 6.49. The highest BCUT2D eigenvalue weighted by Crippen LogP contribution is 2.32. The minimum Gasteiger partial charge on any atom is -0.385 e. The molecule has 4 nitrogen and oxygen atoms in total. The first-order valence-electron chi connectivity index (χ1n) is 11.4. The summed E-state index contributed by atoms with van der Waals surface area (Å²) in [4.78, 5) is 15.4. The van der Waals surface area contributed by atoms with Crippen molar-refractivity contribution in [3.63, 3.8) is 0 Å². The normalized spacial score (nSPS) is 13.8. The molecule has 1 atom stereocenters. The van der Waals surface area contributed by atoms with Gasteiger partial charge in [-0.3, -0.25) is 4.79 Å². The van der Waals surface area contributed by atoms with Crippen molar-refractivity contribution < 1.29 is 9.53 Å². The number of rotatable bonds is 11. The number of ether oxygens (including phenoxy) is 1. The number of amides is 1. The molecule has 0 bridgehead atoms. The molecule has 0 heterocycles. The molecule has 3 rings (SSSR count). The van der Waals surface area contributed by atoms with Gasteiger partial charge < -0.3 is 15.4 Å². The smallest absolute Gasteiger partial charge is 0.227 e. The van der Waals surface area contributed by atoms with Gasteiger partial charge in [-0.2, -0.15) is 0 Å². The summed E-state index contributed by atoms with van der Waals surface area (Å²) in [5, 5.41) is 0.714. The van der Waals surface area contributed by atoms with Crippen LogP contribution in [-0.2, 0) is 28.9 Å². The lowest BCUT2D eigenvalue weighted by Gasteiger charge is -2.28. The summed E-state index contributed by atoms with van der Waals surface area (Å²) in [6.45, 7) is 5.63. The van der Waals surface area contributed by atoms with Gasteiger partial charge in [0, 0.05) is 37.9 Å². The van der Waals surface area contributed by atoms with Crippen LogP contribution in [0.1, 0.15) is 49.8 Å². The van der Waals surface area contributed by atoms with Crippen LogP contribution in [0, 0.1) is 5.92 Å². The first-order valence-corrected chi connectivity index (χ1v) is 11.8. The monoisotopic (exact) mass is 444 g/mol. The van der Waals surface area contributed by atoms with Gasteiger partial charge in [-0.1, -0.05) is 67.9 Å². The van der Waals surface area contributed by atoms with Crippen molar-refractivity contribution in [3.8, 4) is 0 Å². The zero-order valence-electron chi connectivity index (χ0n) is 19.1. The highest BCUT2D eigenvalue weighted by molar-refractivity contribution is 6.31. The van der Waals surface area contributed by atoms with E-state index in [4.69, 9.17) is 22.1 Å². The molecule has 0 aliphatic heterocycles. The standard InChI is InChI=1S/C24H31ClN2O2.C2H6/c1-29-13-5-8-19-9-12-23(25)21(15-19)17-27(22-10-11-22)24(28)20(16-26)14-18-6-3-2-4-7-18;1-2/h2-4,6-7,9,12,15,20,22H,5,8,10-11,13-14,16-17,26H2,1H3;1-2H3. The quantitative estimate of drug-likeness (QED) is 0.481. The number of carbonyl (C=O) groups excluding carboxylic acids is 1. The lowest BCUT2D eigenvalue weighted by Crippen LogP contribution is -2.41. The fourth-order valence-electron chi connectivity index (χ4n) is 3.69. The Morgan fingerprint density at radius 1 is 1.16 bits per heavy atom. The van der Waals surface area contributed by atoms with Crippen molar-refractivity contribution in [2.45, 2.75) is 58.5 Å². The topological polar surface area (TPSA) is 55.6 Å². The van der Waals surface area contributed by atoms with E-state index >= 15 is 0 Å². The van der Waals surface area contributed by atoms with Crippen molar-refractivity contribution in [2.24, 2.45) is 11.7 Å². The summed E-state index contributed by atoms with van der Waals surface area (Å²) in [7, 11) is 1.72. The Labute approximate surface area is 192 Å². The van der Waals surface area contributed by atoms with Crippen molar-refractivity contribution in [3.05, 3.63) is 70.2 Å². The van der Waals surface area contributed by atoms with E-state index in [1.54, 1.807) is 7.11 Å². The second-order valence-corrected chi connectivity index (χ2v) is 8.25. The second kappa shape index (κ2) is 13.5. The summed E-state index contributed by atoms with van der Waals surface area (Å²) < 4.78 is 5.15. The van der Waals surface area contributed by atoms with Crippen molar-refractivity contribution >= 4 is 17.5 Å². The van der Waals surface area contributed by atoms with Crippen LogP contribution in [0.5, 0.6) is 0 Å². The number of benzene rings is 2. The summed E-state index contributed by atoms with van der Waals surface area (Å²) in [5.41, 5.74) is 9.39. The number of aryl methyl sites for hydroxylation is 1. The molecule has 1 aliphatic rings. The second-order valence-electron chi connectivity index (χ2n) is 7.84. The first-order chi connectivity index (χ1) is 15.1. The van der Waals surface area contributed by atoms with Gasteiger partial charge in [0.25, 0.3) is 0 Å². The third-order valence-electron chi connectivity index (χ3n) is 5.49. The number of nitrogens with two attached hydrogens (primary N) is 1. The predicted octanol–water partition coefficient (Wildman–Crippen LogP) is 5.25. The van der Waals surface area contributed by atoms with E-state index < -0.39 is 0 Å². The predicted molar refractivity (Wildman–Crippen MR) is 129 cm³/mol. The maximum atomic E-state index is 13.4. The number of nitrogens with zero attached hydrogens (tertiary/aromatic N) is 1. The van der Waals surface area contributed by atoms with Gasteiger partial charge in [0.05, 0.1) is 5.92 Å². The average molecular weight is 445 g/mol. The van der Waals surface area contributed by atoms with Crippen LogP contribution in [0.4, 0.5) is 0 Å². The molecule has 1 fully saturated rings. The summed E-state index contributed by atoms with van der Waals surface area (Å²) in [6.07, 6.45) is 4.69. The van der Waals surface area contributed by atoms with Crippen LogP contribution < -0.4 is 5.73 Å². The third-order valence-corrected chi connectivity index (χ3v) is 5.86. The molecule has 0 saturated heterocycles. The van der Waals surface area contributed by atoms with Crippen LogP contribution in [0.2, 0.25) is 5.02 Å². The van der Waals surface area contributed by atoms with E-state index in [-0.39, 0.29) is 11.8 Å². The Balaban J connectivity index is 0.00000166. The average Bonchev–Trinajstić information content (AvgIpc) is 3.64. The Kier molecular flexibility index (Phi) is 11.1. The minimum absolute atomic E-state index is 0.139. The summed E-state index contributed by atoms with van der Waals surface area (Å²) in [6, 6.07) is 16.5. The van der Waals surface area contributed by atoms with Gasteiger partial charge in [-0.25, -0.2) is 0 Å². The Hall–Kier alpha value is -1.88. The lowest BCUT2D eigenvalue weighted by atomic mass is 9.97. The molecule has 2 aromatic carbocycles. The molecular formula is C26H37ClN2O2. The van der Waals surface area contributed by atoms with Crippen LogP contribution in [-0.4, -0.2) is 37.1 Å². The van der Waals surface area contributed by atoms with E-state index in [2.05, 4.69) is 24.3 Å². The van der Waals surface area contributed by atoms with Crippen LogP contribution in [0.3, 0.4) is 0 Å². The maximum absolute atomic E-state index is 13.4. The van der Waals surface area contributed by atoms with Crippen LogP contribution >= 0.6 is 11.6 Å². The van der Waals surface area contributed by atoms with Crippen LogP contribution in [0.25, 0.3) is 0 Å². The number of halogens is 1. The van der Waals surface area contributed by atoms with Gasteiger partial charge in [-0.05, 0) is 54.9 Å². The van der Waals surface area contributed by atoms with Crippen molar-refractivity contribution in [1.82, 2.24) is 4.90 Å². The lowest BCUT2D eigenvalue weighted by molar-refractivity contribution is -0.136. The molecule has 0 aromatic heterocycles. The Morgan fingerprint density at radius 2 is 1.87 bits per heavy atom. The number of carbonyl (C=O) groups is 1. The first kappa shape index (κ1) is 25.4. The van der Waals surface area contributed by atoms with Gasteiger partial charge in [0.1, 0.15) is 0 Å². The molecule has 0 radical (unpaired) electrons. The fourth-order valence-corrected chi connectivity index (χ4v) is 3.86. The fraction of sp³-hybridized carbons (Fsp3) is 0.500. The minimum atomic E-state index is -0.207. The molecule has 31 heavy (non-hydrogen) atoms. The number of hydrogen-bond acceptors (Lipinski definition) is 3. The molecule has 1 amide bonds. The van der Waals surface area contributed by atoms with E-state index in [1.807, 2.05) is 43.0 Å². The highest BCUT2D eigenvalue weighted by Gasteiger charge is 2.35. The molecule has 170 valence electrons. The van der Waals surface area contributed by atoms with Gasteiger partial charge in [-0.15, -0.1) is 0 Å². The zero-order chi connectivity index (χ0) is 22.6. The molecule has 5 heteroatoms.